The number of benzene rings is 4. The first kappa shape index (κ1) is 22.9. The van der Waals surface area contributed by atoms with Crippen molar-refractivity contribution in [3.05, 3.63) is 113 Å². The summed E-state index contributed by atoms with van der Waals surface area (Å²) < 4.78 is 6.08. The van der Waals surface area contributed by atoms with E-state index in [0.29, 0.717) is 23.2 Å². The molecule has 4 aromatic rings. The van der Waals surface area contributed by atoms with E-state index in [2.05, 4.69) is 25.1 Å². The highest BCUT2D eigenvalue weighted by atomic mass is 32.2. The van der Waals surface area contributed by atoms with Crippen molar-refractivity contribution in [2.24, 2.45) is 4.99 Å². The zero-order chi connectivity index (χ0) is 24.0. The van der Waals surface area contributed by atoms with Gasteiger partial charge >= 0.3 is 0 Å². The Hall–Kier alpha value is -3.83. The molecule has 0 unspecified atom stereocenters. The summed E-state index contributed by atoms with van der Waals surface area (Å²) in [4.78, 5) is 20.9. The highest BCUT2D eigenvalue weighted by Crippen LogP contribution is 2.38. The van der Waals surface area contributed by atoms with Crippen LogP contribution < -0.4 is 4.74 Å². The third kappa shape index (κ3) is 5.15. The van der Waals surface area contributed by atoms with E-state index in [0.717, 1.165) is 39.8 Å². The van der Waals surface area contributed by atoms with Gasteiger partial charge in [0.1, 0.15) is 5.75 Å². The third-order valence-electron chi connectivity index (χ3n) is 5.72. The Bertz CT molecular complexity index is 1400. The molecule has 1 aliphatic heterocycles. The van der Waals surface area contributed by atoms with Gasteiger partial charge in [-0.3, -0.25) is 9.69 Å². The zero-order valence-electron chi connectivity index (χ0n) is 19.6. The summed E-state index contributed by atoms with van der Waals surface area (Å²) in [5.41, 5.74) is 2.80. The number of amides is 1. The fourth-order valence-electron chi connectivity index (χ4n) is 4.00. The predicted molar refractivity (Wildman–Crippen MR) is 146 cm³/mol. The lowest BCUT2D eigenvalue weighted by molar-refractivity contribution is -0.122. The largest absolute Gasteiger partial charge is 0.493 e. The van der Waals surface area contributed by atoms with Gasteiger partial charge in [0, 0.05) is 5.56 Å². The number of aliphatic imine (C=N–C) groups is 1. The Balaban J connectivity index is 1.58. The molecule has 0 aromatic heterocycles. The van der Waals surface area contributed by atoms with Crippen LogP contribution in [0.1, 0.15) is 24.5 Å². The molecule has 1 fully saturated rings. The first-order valence-corrected chi connectivity index (χ1v) is 12.6. The average Bonchev–Trinajstić information content (AvgIpc) is 3.18. The van der Waals surface area contributed by atoms with Crippen LogP contribution in [0.2, 0.25) is 0 Å². The van der Waals surface area contributed by atoms with E-state index in [1.165, 1.54) is 11.8 Å². The van der Waals surface area contributed by atoms with E-state index in [4.69, 9.17) is 9.73 Å². The van der Waals surface area contributed by atoms with Gasteiger partial charge in [-0.25, -0.2) is 4.99 Å². The zero-order valence-corrected chi connectivity index (χ0v) is 20.4. The van der Waals surface area contributed by atoms with Crippen LogP contribution in [0.4, 0.5) is 5.69 Å². The number of carbonyl (C=O) groups is 1. The monoisotopic (exact) mass is 478 g/mol. The second-order valence-corrected chi connectivity index (χ2v) is 9.27. The van der Waals surface area contributed by atoms with Crippen LogP contribution in [0.3, 0.4) is 0 Å². The molecule has 35 heavy (non-hydrogen) atoms. The summed E-state index contributed by atoms with van der Waals surface area (Å²) in [6.07, 6.45) is 2.88. The molecular formula is C30H26N2O2S. The number of para-hydroxylation sites is 1. The summed E-state index contributed by atoms with van der Waals surface area (Å²) in [5.74, 6) is 0.734. The molecule has 0 bridgehead atoms. The number of hydrogen-bond donors (Lipinski definition) is 0. The maximum atomic E-state index is 13.7. The highest BCUT2D eigenvalue weighted by molar-refractivity contribution is 8.18. The van der Waals surface area contributed by atoms with Crippen LogP contribution in [0.25, 0.3) is 16.8 Å². The normalized spacial score (nSPS) is 15.9. The van der Waals surface area contributed by atoms with E-state index < -0.39 is 0 Å². The van der Waals surface area contributed by atoms with E-state index in [1.54, 1.807) is 4.90 Å². The maximum absolute atomic E-state index is 13.7. The van der Waals surface area contributed by atoms with Gasteiger partial charge in [0.25, 0.3) is 5.91 Å². The van der Waals surface area contributed by atoms with Crippen molar-refractivity contribution in [1.29, 1.82) is 0 Å². The molecule has 174 valence electrons. The van der Waals surface area contributed by atoms with Crippen molar-refractivity contribution < 1.29 is 9.53 Å². The van der Waals surface area contributed by atoms with Crippen LogP contribution in [0, 0.1) is 0 Å². The van der Waals surface area contributed by atoms with Crippen LogP contribution in [0.15, 0.2) is 107 Å². The average molecular weight is 479 g/mol. The lowest BCUT2D eigenvalue weighted by atomic mass is 10.0. The number of carbonyl (C=O) groups excluding carboxylic acids is 1. The third-order valence-corrected chi connectivity index (χ3v) is 6.73. The molecule has 5 rings (SSSR count). The molecule has 1 heterocycles. The van der Waals surface area contributed by atoms with Crippen molar-refractivity contribution in [2.45, 2.75) is 19.9 Å². The number of ether oxygens (including phenoxy) is 1. The van der Waals surface area contributed by atoms with Crippen molar-refractivity contribution in [1.82, 2.24) is 4.90 Å². The topological polar surface area (TPSA) is 41.9 Å². The van der Waals surface area contributed by atoms with E-state index >= 15 is 0 Å². The van der Waals surface area contributed by atoms with Crippen LogP contribution >= 0.6 is 11.8 Å². The maximum Gasteiger partial charge on any atom is 0.267 e. The molecule has 0 spiro atoms. The molecule has 5 heteroatoms. The second kappa shape index (κ2) is 10.6. The second-order valence-electron chi connectivity index (χ2n) is 8.26. The van der Waals surface area contributed by atoms with Gasteiger partial charge in [0.2, 0.25) is 0 Å². The van der Waals surface area contributed by atoms with Gasteiger partial charge in [-0.1, -0.05) is 85.8 Å². The first-order chi connectivity index (χ1) is 17.2. The standard InChI is InChI=1S/C30H26N2O2S/c1-2-19-34-27-18-17-23-13-9-10-16-25(23)26(27)20-28-29(33)32(21-22-11-5-3-6-12-22)30(35-28)31-24-14-7-4-8-15-24/h3-18,20H,2,19,21H2,1H3/b28-20+,31-30?. The molecule has 1 amide bonds. The molecule has 0 N–H and O–H groups in total. The number of fused-ring (bicyclic) bond motifs is 1. The summed E-state index contributed by atoms with van der Waals surface area (Å²) in [6.45, 7) is 3.17. The Morgan fingerprint density at radius 1 is 0.886 bits per heavy atom. The SMILES string of the molecule is CCCOc1ccc2ccccc2c1/C=C1/SC(=Nc2ccccc2)N(Cc2ccccc2)C1=O. The number of thioether (sulfide) groups is 1. The van der Waals surface area contributed by atoms with Crippen molar-refractivity contribution >= 4 is 45.4 Å². The highest BCUT2D eigenvalue weighted by Gasteiger charge is 2.34. The van der Waals surface area contributed by atoms with Crippen LogP contribution in [-0.4, -0.2) is 22.6 Å². The van der Waals surface area contributed by atoms with Crippen molar-refractivity contribution in [2.75, 3.05) is 6.61 Å². The quantitative estimate of drug-likeness (QED) is 0.259. The number of nitrogens with zero attached hydrogens (tertiary/aromatic N) is 2. The Morgan fingerprint density at radius 2 is 1.60 bits per heavy atom. The van der Waals surface area contributed by atoms with Crippen LogP contribution in [0.5, 0.6) is 5.75 Å². The summed E-state index contributed by atoms with van der Waals surface area (Å²) >= 11 is 1.41. The minimum Gasteiger partial charge on any atom is -0.493 e. The van der Waals surface area contributed by atoms with Crippen LogP contribution in [-0.2, 0) is 11.3 Å². The number of rotatable bonds is 7. The molecule has 0 saturated carbocycles. The Labute approximate surface area is 210 Å². The molecule has 4 nitrogen and oxygen atoms in total. The lowest BCUT2D eigenvalue weighted by Gasteiger charge is -2.15. The van der Waals surface area contributed by atoms with E-state index in [1.807, 2.05) is 84.9 Å². The first-order valence-electron chi connectivity index (χ1n) is 11.8. The molecule has 4 aromatic carbocycles. The van der Waals surface area contributed by atoms with Gasteiger partial charge in [-0.2, -0.15) is 0 Å². The molecule has 0 aliphatic carbocycles. The predicted octanol–water partition coefficient (Wildman–Crippen LogP) is 7.43. The van der Waals surface area contributed by atoms with Gasteiger partial charge in [-0.05, 0) is 58.8 Å². The summed E-state index contributed by atoms with van der Waals surface area (Å²) in [5, 5.41) is 2.84. The molecule has 0 radical (unpaired) electrons. The van der Waals surface area contributed by atoms with Gasteiger partial charge in [0.05, 0.1) is 23.7 Å². The Morgan fingerprint density at radius 3 is 2.37 bits per heavy atom. The number of amidine groups is 1. The summed E-state index contributed by atoms with van der Waals surface area (Å²) in [6, 6.07) is 32.0. The minimum atomic E-state index is -0.0529. The van der Waals surface area contributed by atoms with E-state index in [9.17, 15) is 4.79 Å². The van der Waals surface area contributed by atoms with Gasteiger partial charge in [-0.15, -0.1) is 0 Å². The lowest BCUT2D eigenvalue weighted by Crippen LogP contribution is -2.28. The van der Waals surface area contributed by atoms with Gasteiger partial charge in [0.15, 0.2) is 5.17 Å². The molecule has 1 saturated heterocycles. The Kier molecular flexibility index (Phi) is 6.96. The van der Waals surface area contributed by atoms with Crippen molar-refractivity contribution in [3.8, 4) is 5.75 Å². The molecule has 0 atom stereocenters. The fraction of sp³-hybridized carbons (Fsp3) is 0.133. The number of hydrogen-bond acceptors (Lipinski definition) is 4. The molecule has 1 aliphatic rings. The fourth-order valence-corrected chi connectivity index (χ4v) is 4.98. The smallest absolute Gasteiger partial charge is 0.267 e. The van der Waals surface area contributed by atoms with Gasteiger partial charge < -0.3 is 4.74 Å². The van der Waals surface area contributed by atoms with E-state index in [-0.39, 0.29) is 5.91 Å². The summed E-state index contributed by atoms with van der Waals surface area (Å²) in [7, 11) is 0. The molecular weight excluding hydrogens is 452 g/mol. The minimum absolute atomic E-state index is 0.0529. The van der Waals surface area contributed by atoms with Crippen molar-refractivity contribution in [3.63, 3.8) is 0 Å².